The van der Waals surface area contributed by atoms with Crippen molar-refractivity contribution in [3.8, 4) is 0 Å². The summed E-state index contributed by atoms with van der Waals surface area (Å²) in [6, 6.07) is 18.3. The summed E-state index contributed by atoms with van der Waals surface area (Å²) in [5.41, 5.74) is 3.17. The van der Waals surface area contributed by atoms with Gasteiger partial charge in [-0.2, -0.15) is 0 Å². The van der Waals surface area contributed by atoms with Crippen LogP contribution in [0.5, 0.6) is 0 Å². The minimum absolute atomic E-state index is 0.00160. The van der Waals surface area contributed by atoms with Gasteiger partial charge in [-0.05, 0) is 55.8 Å². The molecule has 162 valence electrons. The molecule has 0 aliphatic heterocycles. The number of aryl methyl sites for hydroxylation is 2. The van der Waals surface area contributed by atoms with Crippen LogP contribution < -0.4 is 10.0 Å². The molecule has 0 atom stereocenters. The first-order chi connectivity index (χ1) is 15.2. The summed E-state index contributed by atoms with van der Waals surface area (Å²) in [7, 11) is -3.93. The van der Waals surface area contributed by atoms with Crippen molar-refractivity contribution < 1.29 is 18.3 Å². The van der Waals surface area contributed by atoms with Gasteiger partial charge in [0, 0.05) is 5.69 Å². The van der Waals surface area contributed by atoms with Crippen molar-refractivity contribution in [3.63, 3.8) is 0 Å². The SMILES string of the molecule is Cc1ccc(S(=O)(=O)Nc2nc3ccccc3nc2Nc2ccc(C)c(C(=O)O)c2)cc1. The number of carboxylic acid groups (broad SMARTS) is 1. The average molecular weight is 449 g/mol. The minimum Gasteiger partial charge on any atom is -0.478 e. The summed E-state index contributed by atoms with van der Waals surface area (Å²) < 4.78 is 28.4. The number of para-hydroxylation sites is 2. The second-order valence-corrected chi connectivity index (χ2v) is 8.97. The van der Waals surface area contributed by atoms with Crippen LogP contribution in [0.2, 0.25) is 0 Å². The molecule has 0 radical (unpaired) electrons. The Balaban J connectivity index is 1.78. The number of sulfonamides is 1. The van der Waals surface area contributed by atoms with Crippen LogP contribution in [0.25, 0.3) is 11.0 Å². The Hall–Kier alpha value is -3.98. The number of anilines is 3. The van der Waals surface area contributed by atoms with Crippen molar-refractivity contribution in [1.29, 1.82) is 0 Å². The van der Waals surface area contributed by atoms with Gasteiger partial charge in [0.1, 0.15) is 0 Å². The lowest BCUT2D eigenvalue weighted by atomic mass is 10.1. The molecule has 0 bridgehead atoms. The van der Waals surface area contributed by atoms with E-state index in [0.29, 0.717) is 22.3 Å². The molecule has 3 N–H and O–H groups in total. The minimum atomic E-state index is -3.93. The van der Waals surface area contributed by atoms with Gasteiger partial charge in [0.15, 0.2) is 11.6 Å². The van der Waals surface area contributed by atoms with Gasteiger partial charge >= 0.3 is 5.97 Å². The molecule has 0 aliphatic rings. The lowest BCUT2D eigenvalue weighted by molar-refractivity contribution is 0.0696. The number of aromatic carboxylic acids is 1. The Morgan fingerprint density at radius 2 is 1.50 bits per heavy atom. The number of hydrogen-bond acceptors (Lipinski definition) is 6. The van der Waals surface area contributed by atoms with Crippen LogP contribution in [0.15, 0.2) is 71.6 Å². The van der Waals surface area contributed by atoms with Gasteiger partial charge in [-0.25, -0.2) is 23.2 Å². The Kier molecular flexibility index (Phi) is 5.50. The zero-order chi connectivity index (χ0) is 22.9. The standard InChI is InChI=1S/C23H20N4O4S/c1-14-7-11-17(12-8-14)32(30,31)27-22-21(25-19-5-3-4-6-20(19)26-22)24-16-10-9-15(2)18(13-16)23(28)29/h3-13H,1-2H3,(H,24,25)(H,26,27)(H,28,29). The molecule has 0 spiro atoms. The van der Waals surface area contributed by atoms with Crippen molar-refractivity contribution in [3.05, 3.63) is 83.4 Å². The van der Waals surface area contributed by atoms with Crippen molar-refractivity contribution in [2.45, 2.75) is 18.7 Å². The average Bonchev–Trinajstić information content (AvgIpc) is 2.75. The number of nitrogens with zero attached hydrogens (tertiary/aromatic N) is 2. The zero-order valence-corrected chi connectivity index (χ0v) is 18.1. The summed E-state index contributed by atoms with van der Waals surface area (Å²) in [5, 5.41) is 12.4. The fraction of sp³-hybridized carbons (Fsp3) is 0.0870. The van der Waals surface area contributed by atoms with Crippen molar-refractivity contribution in [2.75, 3.05) is 10.0 Å². The van der Waals surface area contributed by atoms with Crippen molar-refractivity contribution >= 4 is 44.3 Å². The largest absolute Gasteiger partial charge is 0.478 e. The van der Waals surface area contributed by atoms with Gasteiger partial charge in [-0.3, -0.25) is 4.72 Å². The third-order valence-corrected chi connectivity index (χ3v) is 6.22. The third kappa shape index (κ3) is 4.37. The molecule has 32 heavy (non-hydrogen) atoms. The highest BCUT2D eigenvalue weighted by atomic mass is 32.2. The van der Waals surface area contributed by atoms with E-state index in [1.807, 2.05) is 6.92 Å². The molecule has 0 fully saturated rings. The van der Waals surface area contributed by atoms with Crippen LogP contribution in [0.3, 0.4) is 0 Å². The molecule has 3 aromatic carbocycles. The first-order valence-electron chi connectivity index (χ1n) is 9.70. The first-order valence-corrected chi connectivity index (χ1v) is 11.2. The van der Waals surface area contributed by atoms with E-state index in [1.54, 1.807) is 55.5 Å². The smallest absolute Gasteiger partial charge is 0.336 e. The van der Waals surface area contributed by atoms with Gasteiger partial charge in [0.2, 0.25) is 0 Å². The number of hydrogen-bond donors (Lipinski definition) is 3. The van der Waals surface area contributed by atoms with E-state index in [-0.39, 0.29) is 22.1 Å². The maximum Gasteiger partial charge on any atom is 0.336 e. The van der Waals surface area contributed by atoms with Gasteiger partial charge in [-0.1, -0.05) is 35.9 Å². The number of benzene rings is 3. The van der Waals surface area contributed by atoms with Gasteiger partial charge < -0.3 is 10.4 Å². The van der Waals surface area contributed by atoms with Gasteiger partial charge in [-0.15, -0.1) is 0 Å². The van der Waals surface area contributed by atoms with Gasteiger partial charge in [0.25, 0.3) is 10.0 Å². The summed E-state index contributed by atoms with van der Waals surface area (Å²) >= 11 is 0. The lowest BCUT2D eigenvalue weighted by Gasteiger charge is -2.14. The first kappa shape index (κ1) is 21.3. The number of aromatic nitrogens is 2. The maximum atomic E-state index is 13.0. The third-order valence-electron chi connectivity index (χ3n) is 4.86. The van der Waals surface area contributed by atoms with E-state index in [4.69, 9.17) is 0 Å². The van der Waals surface area contributed by atoms with E-state index in [2.05, 4.69) is 20.0 Å². The highest BCUT2D eigenvalue weighted by molar-refractivity contribution is 7.92. The van der Waals surface area contributed by atoms with E-state index < -0.39 is 16.0 Å². The summed E-state index contributed by atoms with van der Waals surface area (Å²) in [4.78, 5) is 20.5. The van der Waals surface area contributed by atoms with E-state index in [1.165, 1.54) is 18.2 Å². The molecule has 0 aliphatic carbocycles. The van der Waals surface area contributed by atoms with Crippen LogP contribution in [0.1, 0.15) is 21.5 Å². The Bertz CT molecular complexity index is 1430. The number of carbonyl (C=O) groups is 1. The monoisotopic (exact) mass is 448 g/mol. The Morgan fingerprint density at radius 3 is 2.12 bits per heavy atom. The molecule has 0 amide bonds. The molecule has 9 heteroatoms. The van der Waals surface area contributed by atoms with Crippen LogP contribution in [0.4, 0.5) is 17.3 Å². The molecule has 1 heterocycles. The van der Waals surface area contributed by atoms with Crippen molar-refractivity contribution in [2.24, 2.45) is 0 Å². The Morgan fingerprint density at radius 1 is 0.875 bits per heavy atom. The summed E-state index contributed by atoms with van der Waals surface area (Å²) in [6.07, 6.45) is 0. The number of fused-ring (bicyclic) bond motifs is 1. The topological polar surface area (TPSA) is 121 Å². The molecule has 0 saturated carbocycles. The molecular weight excluding hydrogens is 428 g/mol. The Labute approximate surface area is 185 Å². The highest BCUT2D eigenvalue weighted by Crippen LogP contribution is 2.28. The van der Waals surface area contributed by atoms with E-state index >= 15 is 0 Å². The molecule has 8 nitrogen and oxygen atoms in total. The van der Waals surface area contributed by atoms with Crippen LogP contribution in [0, 0.1) is 13.8 Å². The fourth-order valence-electron chi connectivity index (χ4n) is 3.13. The maximum absolute atomic E-state index is 13.0. The quantitative estimate of drug-likeness (QED) is 0.397. The zero-order valence-electron chi connectivity index (χ0n) is 17.3. The molecule has 4 aromatic rings. The molecular formula is C23H20N4O4S. The molecule has 1 aromatic heterocycles. The van der Waals surface area contributed by atoms with Crippen LogP contribution in [-0.4, -0.2) is 29.5 Å². The van der Waals surface area contributed by atoms with Gasteiger partial charge in [0.05, 0.1) is 21.5 Å². The molecule has 4 rings (SSSR count). The van der Waals surface area contributed by atoms with Crippen LogP contribution in [-0.2, 0) is 10.0 Å². The lowest BCUT2D eigenvalue weighted by Crippen LogP contribution is -2.16. The normalized spacial score (nSPS) is 11.3. The van der Waals surface area contributed by atoms with E-state index in [0.717, 1.165) is 5.56 Å². The summed E-state index contributed by atoms with van der Waals surface area (Å²) in [6.45, 7) is 3.57. The molecule has 0 unspecified atom stereocenters. The number of carboxylic acids is 1. The highest BCUT2D eigenvalue weighted by Gasteiger charge is 2.19. The number of nitrogens with one attached hydrogen (secondary N) is 2. The second-order valence-electron chi connectivity index (χ2n) is 7.29. The summed E-state index contributed by atoms with van der Waals surface area (Å²) in [5.74, 6) is -0.905. The second kappa shape index (κ2) is 8.27. The molecule has 0 saturated heterocycles. The predicted octanol–water partition coefficient (Wildman–Crippen LogP) is 4.49. The fourth-order valence-corrected chi connectivity index (χ4v) is 4.14. The van der Waals surface area contributed by atoms with E-state index in [9.17, 15) is 18.3 Å². The number of rotatable bonds is 6. The van der Waals surface area contributed by atoms with Crippen molar-refractivity contribution in [1.82, 2.24) is 9.97 Å². The van der Waals surface area contributed by atoms with Crippen LogP contribution >= 0.6 is 0 Å². The predicted molar refractivity (Wildman–Crippen MR) is 123 cm³/mol.